The van der Waals surface area contributed by atoms with Crippen LogP contribution < -0.4 is 5.48 Å². The van der Waals surface area contributed by atoms with E-state index in [4.69, 9.17) is 0 Å². The van der Waals surface area contributed by atoms with E-state index in [0.717, 1.165) is 29.2 Å². The predicted octanol–water partition coefficient (Wildman–Crippen LogP) is 3.16. The van der Waals surface area contributed by atoms with Gasteiger partial charge in [-0.15, -0.1) is 9.39 Å². The summed E-state index contributed by atoms with van der Waals surface area (Å²) in [5.41, 5.74) is 4.81. The standard InChI is InChI=1S/C18H25N3OS/c1-6-15-13-16(10-11-17(15)19-3)23(4,5)21-12-8-7-9-18(21)14(2)20-22/h6-8,10-11,13,18,20,22H,2,4-5,9,12H2,1,3H3/b15-6-,19-17?. The van der Waals surface area contributed by atoms with Crippen molar-refractivity contribution in [2.75, 3.05) is 13.6 Å². The summed E-state index contributed by atoms with van der Waals surface area (Å²) in [6.07, 6.45) is 13.2. The van der Waals surface area contributed by atoms with Gasteiger partial charge in [-0.2, -0.15) is 0 Å². The topological polar surface area (TPSA) is 47.9 Å². The van der Waals surface area contributed by atoms with Crippen molar-refractivity contribution >= 4 is 26.8 Å². The van der Waals surface area contributed by atoms with Crippen LogP contribution in [0.15, 0.2) is 64.2 Å². The molecule has 0 bridgehead atoms. The predicted molar refractivity (Wildman–Crippen MR) is 104 cm³/mol. The van der Waals surface area contributed by atoms with Crippen molar-refractivity contribution in [1.82, 2.24) is 9.79 Å². The molecule has 1 heterocycles. The summed E-state index contributed by atoms with van der Waals surface area (Å²) in [5.74, 6) is 8.86. The Morgan fingerprint density at radius 2 is 2.17 bits per heavy atom. The minimum absolute atomic E-state index is 0.0282. The van der Waals surface area contributed by atoms with Crippen molar-refractivity contribution in [3.05, 3.63) is 59.2 Å². The molecule has 2 N–H and O–H groups in total. The van der Waals surface area contributed by atoms with Gasteiger partial charge in [-0.25, -0.2) is 4.31 Å². The van der Waals surface area contributed by atoms with Gasteiger partial charge in [0.15, 0.2) is 0 Å². The van der Waals surface area contributed by atoms with E-state index in [1.54, 1.807) is 7.05 Å². The van der Waals surface area contributed by atoms with Crippen molar-refractivity contribution in [2.24, 2.45) is 4.99 Å². The Morgan fingerprint density at radius 3 is 2.78 bits per heavy atom. The summed E-state index contributed by atoms with van der Waals surface area (Å²) >= 11 is 0. The molecule has 0 aromatic carbocycles. The van der Waals surface area contributed by atoms with Crippen LogP contribution in [0.1, 0.15) is 13.3 Å². The number of nitrogens with one attached hydrogen (secondary N) is 1. The molecule has 0 aromatic heterocycles. The van der Waals surface area contributed by atoms with Crippen molar-refractivity contribution in [2.45, 2.75) is 19.4 Å². The molecule has 4 nitrogen and oxygen atoms in total. The Morgan fingerprint density at radius 1 is 1.43 bits per heavy atom. The van der Waals surface area contributed by atoms with Gasteiger partial charge in [0, 0.05) is 24.2 Å². The Balaban J connectivity index is 2.42. The Bertz CT molecular complexity index is 736. The van der Waals surface area contributed by atoms with Crippen LogP contribution in [0, 0.1) is 0 Å². The fourth-order valence-corrected chi connectivity index (χ4v) is 4.77. The van der Waals surface area contributed by atoms with Crippen LogP contribution in [-0.2, 0) is 0 Å². The van der Waals surface area contributed by atoms with Gasteiger partial charge in [-0.3, -0.25) is 15.7 Å². The summed E-state index contributed by atoms with van der Waals surface area (Å²) in [5, 5.41) is 9.24. The summed E-state index contributed by atoms with van der Waals surface area (Å²) in [7, 11) is 0.0751. The number of hydroxylamine groups is 1. The molecule has 1 aliphatic carbocycles. The summed E-state index contributed by atoms with van der Waals surface area (Å²) in [4.78, 5) is 5.38. The van der Waals surface area contributed by atoms with Crippen LogP contribution in [0.4, 0.5) is 0 Å². The van der Waals surface area contributed by atoms with E-state index >= 15 is 0 Å². The lowest BCUT2D eigenvalue weighted by atomic mass is 10.1. The first-order chi connectivity index (χ1) is 11.0. The summed E-state index contributed by atoms with van der Waals surface area (Å²) in [6.45, 7) is 6.65. The molecule has 2 aliphatic rings. The van der Waals surface area contributed by atoms with Gasteiger partial charge in [0.05, 0.1) is 11.8 Å². The normalized spacial score (nSPS) is 25.7. The number of hydrogen-bond acceptors (Lipinski definition) is 4. The van der Waals surface area contributed by atoms with Gasteiger partial charge in [-0.1, -0.05) is 36.5 Å². The minimum atomic E-state index is -1.72. The van der Waals surface area contributed by atoms with Gasteiger partial charge in [-0.05, 0) is 37.1 Å². The van der Waals surface area contributed by atoms with Crippen LogP contribution in [0.2, 0.25) is 0 Å². The Hall–Kier alpha value is -1.82. The third-order valence-electron chi connectivity index (χ3n) is 4.14. The first-order valence-corrected chi connectivity index (χ1v) is 9.42. The van der Waals surface area contributed by atoms with Crippen LogP contribution in [0.5, 0.6) is 0 Å². The number of nitrogens with zero attached hydrogens (tertiary/aromatic N) is 2. The molecule has 0 radical (unpaired) electrons. The van der Waals surface area contributed by atoms with Crippen molar-refractivity contribution in [3.8, 4) is 0 Å². The zero-order valence-corrected chi connectivity index (χ0v) is 14.6. The fourth-order valence-electron chi connectivity index (χ4n) is 2.76. The van der Waals surface area contributed by atoms with Crippen molar-refractivity contribution in [1.29, 1.82) is 0 Å². The molecule has 0 spiro atoms. The maximum absolute atomic E-state index is 9.24. The third kappa shape index (κ3) is 3.42. The lowest BCUT2D eigenvalue weighted by molar-refractivity contribution is 0.180. The van der Waals surface area contributed by atoms with E-state index in [1.807, 2.05) is 19.1 Å². The first kappa shape index (κ1) is 17.5. The van der Waals surface area contributed by atoms with Gasteiger partial charge < -0.3 is 0 Å². The van der Waals surface area contributed by atoms with Gasteiger partial charge in [0.25, 0.3) is 0 Å². The summed E-state index contributed by atoms with van der Waals surface area (Å²) < 4.78 is 2.22. The highest BCUT2D eigenvalue weighted by atomic mass is 32.2. The number of aliphatic imine (C=N–C) groups is 1. The highest BCUT2D eigenvalue weighted by Crippen LogP contribution is 2.42. The first-order valence-electron chi connectivity index (χ1n) is 7.49. The smallest absolute Gasteiger partial charge is 0.0647 e. The molecule has 0 saturated carbocycles. The van der Waals surface area contributed by atoms with Crippen LogP contribution in [0.3, 0.4) is 0 Å². The molecule has 23 heavy (non-hydrogen) atoms. The molecular weight excluding hydrogens is 306 g/mol. The number of allylic oxidation sites excluding steroid dienone is 5. The van der Waals surface area contributed by atoms with Crippen molar-refractivity contribution < 1.29 is 5.21 Å². The average molecular weight is 331 g/mol. The van der Waals surface area contributed by atoms with Crippen LogP contribution in [-0.4, -0.2) is 46.6 Å². The van der Waals surface area contributed by atoms with E-state index < -0.39 is 9.39 Å². The highest BCUT2D eigenvalue weighted by Gasteiger charge is 2.27. The Kier molecular flexibility index (Phi) is 5.46. The van der Waals surface area contributed by atoms with E-state index in [9.17, 15) is 5.21 Å². The third-order valence-corrected chi connectivity index (χ3v) is 6.58. The van der Waals surface area contributed by atoms with E-state index in [2.05, 4.69) is 57.4 Å². The van der Waals surface area contributed by atoms with Gasteiger partial charge in [0.1, 0.15) is 0 Å². The number of rotatable bonds is 4. The zero-order chi connectivity index (χ0) is 17.0. The SMILES string of the molecule is C=C(NO)C1CC=CCN1S(=C)(=C)C1=C/C(=C/C)C(=NC)C=C1. The fraction of sp³-hybridized carbons (Fsp3) is 0.278. The second kappa shape index (κ2) is 7.17. The molecule has 2 rings (SSSR count). The van der Waals surface area contributed by atoms with E-state index in [1.165, 1.54) is 0 Å². The lowest BCUT2D eigenvalue weighted by Crippen LogP contribution is -2.39. The minimum Gasteiger partial charge on any atom is -0.291 e. The second-order valence-electron chi connectivity index (χ2n) is 5.53. The molecule has 0 fully saturated rings. The largest absolute Gasteiger partial charge is 0.291 e. The molecule has 1 atom stereocenters. The molecule has 0 amide bonds. The molecule has 0 saturated heterocycles. The molecule has 1 unspecified atom stereocenters. The van der Waals surface area contributed by atoms with E-state index in [0.29, 0.717) is 5.70 Å². The zero-order valence-electron chi connectivity index (χ0n) is 13.8. The molecule has 124 valence electrons. The van der Waals surface area contributed by atoms with Crippen LogP contribution >= 0.6 is 9.39 Å². The van der Waals surface area contributed by atoms with Crippen LogP contribution in [0.25, 0.3) is 0 Å². The van der Waals surface area contributed by atoms with Gasteiger partial charge >= 0.3 is 0 Å². The Labute approximate surface area is 139 Å². The molecular formula is C18H25N3OS. The maximum atomic E-state index is 9.24. The van der Waals surface area contributed by atoms with E-state index in [-0.39, 0.29) is 6.04 Å². The second-order valence-corrected chi connectivity index (χ2v) is 8.16. The molecule has 5 heteroatoms. The maximum Gasteiger partial charge on any atom is 0.0647 e. The highest BCUT2D eigenvalue weighted by molar-refractivity contribution is 8.29. The summed E-state index contributed by atoms with van der Waals surface area (Å²) in [6, 6.07) is -0.0282. The number of hydrogen-bond donors (Lipinski definition) is 2. The lowest BCUT2D eigenvalue weighted by Gasteiger charge is -2.40. The van der Waals surface area contributed by atoms with Gasteiger partial charge in [0.2, 0.25) is 0 Å². The quantitative estimate of drug-likeness (QED) is 0.473. The molecule has 0 aromatic rings. The van der Waals surface area contributed by atoms with Crippen molar-refractivity contribution in [3.63, 3.8) is 0 Å². The molecule has 1 aliphatic heterocycles. The average Bonchev–Trinajstić information content (AvgIpc) is 2.60. The monoisotopic (exact) mass is 331 g/mol.